The van der Waals surface area contributed by atoms with Gasteiger partial charge >= 0.3 is 12.1 Å². The topological polar surface area (TPSA) is 123 Å². The number of rotatable bonds is 4. The van der Waals surface area contributed by atoms with Gasteiger partial charge in [0.2, 0.25) is 5.82 Å². The van der Waals surface area contributed by atoms with Crippen LogP contribution in [0.5, 0.6) is 5.75 Å². The molecule has 0 atom stereocenters. The molecule has 10 nitrogen and oxygen atoms in total. The number of carbonyl (C=O) groups is 2. The van der Waals surface area contributed by atoms with Crippen LogP contribution < -0.4 is 9.64 Å². The third-order valence-corrected chi connectivity index (χ3v) is 6.86. The van der Waals surface area contributed by atoms with Crippen molar-refractivity contribution in [2.75, 3.05) is 18.0 Å². The number of alkyl halides is 3. The normalized spacial score (nSPS) is 17.5. The lowest BCUT2D eigenvalue weighted by molar-refractivity contribution is -0.139. The van der Waals surface area contributed by atoms with Crippen LogP contribution in [0, 0.1) is 0 Å². The minimum absolute atomic E-state index is 0.0217. The Bertz CT molecular complexity index is 1270. The second-order valence-corrected chi connectivity index (χ2v) is 9.10. The van der Waals surface area contributed by atoms with Gasteiger partial charge in [0.05, 0.1) is 28.6 Å². The summed E-state index contributed by atoms with van der Waals surface area (Å²) in [5.74, 6) is -1.41. The molecule has 0 bridgehead atoms. The van der Waals surface area contributed by atoms with E-state index in [9.17, 15) is 22.8 Å². The summed E-state index contributed by atoms with van der Waals surface area (Å²) in [7, 11) is 0. The maximum absolute atomic E-state index is 13.3. The molecular formula is C20H17F3N6O4S. The molecule has 0 saturated carbocycles. The number of piperidine rings is 1. The number of aromatic nitrogens is 5. The Morgan fingerprint density at radius 3 is 2.74 bits per heavy atom. The second kappa shape index (κ2) is 8.04. The Balaban J connectivity index is 1.29. The van der Waals surface area contributed by atoms with Crippen LogP contribution in [0.2, 0.25) is 0 Å². The van der Waals surface area contributed by atoms with Crippen LogP contribution in [-0.4, -0.2) is 60.7 Å². The quantitative estimate of drug-likeness (QED) is 0.583. The number of tetrazole rings is 1. The molecule has 5 rings (SSSR count). The van der Waals surface area contributed by atoms with Gasteiger partial charge in [-0.2, -0.15) is 18.0 Å². The largest absolute Gasteiger partial charge is 0.486 e. The van der Waals surface area contributed by atoms with Crippen molar-refractivity contribution in [3.05, 3.63) is 35.5 Å². The summed E-state index contributed by atoms with van der Waals surface area (Å²) in [6.45, 7) is 0.584. The molecule has 0 unspecified atom stereocenters. The lowest BCUT2D eigenvalue weighted by Gasteiger charge is -2.44. The summed E-state index contributed by atoms with van der Waals surface area (Å²) in [6.07, 6.45) is -2.29. The van der Waals surface area contributed by atoms with E-state index in [4.69, 9.17) is 9.84 Å². The molecule has 1 N–H and O–H groups in total. The van der Waals surface area contributed by atoms with E-state index in [0.717, 1.165) is 10.9 Å². The first-order chi connectivity index (χ1) is 16.1. The molecule has 1 saturated heterocycles. The van der Waals surface area contributed by atoms with E-state index in [1.807, 2.05) is 4.90 Å². The Kier molecular flexibility index (Phi) is 5.26. The first kappa shape index (κ1) is 22.3. The number of nitrogens with zero attached hydrogens (tertiary/aromatic N) is 6. The average Bonchev–Trinajstić information content (AvgIpc) is 3.42. The van der Waals surface area contributed by atoms with E-state index in [1.54, 1.807) is 6.20 Å². The van der Waals surface area contributed by atoms with Gasteiger partial charge in [-0.15, -0.1) is 10.2 Å². The zero-order valence-corrected chi connectivity index (χ0v) is 18.3. The van der Waals surface area contributed by atoms with Gasteiger partial charge in [0.15, 0.2) is 17.5 Å². The van der Waals surface area contributed by atoms with E-state index in [1.165, 1.54) is 23.5 Å². The van der Waals surface area contributed by atoms with Gasteiger partial charge in [-0.25, -0.2) is 4.98 Å². The van der Waals surface area contributed by atoms with Crippen molar-refractivity contribution in [3.8, 4) is 16.5 Å². The van der Waals surface area contributed by atoms with Crippen LogP contribution in [0.1, 0.15) is 35.2 Å². The Morgan fingerprint density at radius 2 is 2.03 bits per heavy atom. The Labute approximate surface area is 194 Å². The molecule has 14 heteroatoms. The van der Waals surface area contributed by atoms with Gasteiger partial charge in [0, 0.05) is 25.9 Å². The van der Waals surface area contributed by atoms with Gasteiger partial charge in [-0.3, -0.25) is 9.59 Å². The molecule has 3 aromatic rings. The number of carboxylic acids is 1. The highest BCUT2D eigenvalue weighted by Crippen LogP contribution is 2.45. The maximum atomic E-state index is 13.3. The fraction of sp³-hybridized carbons (Fsp3) is 0.400. The van der Waals surface area contributed by atoms with Crippen molar-refractivity contribution >= 4 is 28.2 Å². The summed E-state index contributed by atoms with van der Waals surface area (Å²) in [5, 5.41) is 21.1. The second-order valence-electron chi connectivity index (χ2n) is 8.09. The number of benzene rings is 1. The first-order valence-electron chi connectivity index (χ1n) is 10.3. The summed E-state index contributed by atoms with van der Waals surface area (Å²) in [5.41, 5.74) is -2.21. The number of Topliss-reactive ketones (excluding diaryl/α,β-unsaturated/α-hetero) is 1. The smallest absolute Gasteiger partial charge is 0.417 e. The van der Waals surface area contributed by atoms with Crippen LogP contribution in [0.3, 0.4) is 0 Å². The number of aliphatic carboxylic acids is 1. The predicted octanol–water partition coefficient (Wildman–Crippen LogP) is 2.90. The van der Waals surface area contributed by atoms with E-state index in [0.29, 0.717) is 35.9 Å². The fourth-order valence-electron chi connectivity index (χ4n) is 4.22. The van der Waals surface area contributed by atoms with Crippen LogP contribution in [0.15, 0.2) is 24.4 Å². The van der Waals surface area contributed by atoms with Crippen LogP contribution in [0.4, 0.5) is 18.3 Å². The molecule has 4 heterocycles. The zero-order valence-electron chi connectivity index (χ0n) is 17.4. The Morgan fingerprint density at radius 1 is 1.26 bits per heavy atom. The third-order valence-electron chi connectivity index (χ3n) is 5.81. The van der Waals surface area contributed by atoms with Gasteiger partial charge in [0.1, 0.15) is 11.4 Å². The zero-order chi connectivity index (χ0) is 24.1. The average molecular weight is 494 g/mol. The van der Waals surface area contributed by atoms with Crippen molar-refractivity contribution < 1.29 is 32.6 Å². The number of ether oxygens (including phenoxy) is 1. The highest BCUT2D eigenvalue weighted by atomic mass is 32.1. The number of anilines is 1. The van der Waals surface area contributed by atoms with E-state index >= 15 is 0 Å². The van der Waals surface area contributed by atoms with E-state index in [-0.39, 0.29) is 18.0 Å². The van der Waals surface area contributed by atoms with Crippen LogP contribution >= 0.6 is 11.3 Å². The lowest BCUT2D eigenvalue weighted by atomic mass is 9.81. The lowest BCUT2D eigenvalue weighted by Crippen LogP contribution is -2.51. The number of carboxylic acid groups (broad SMARTS) is 1. The SMILES string of the molecule is O=C(O)Cn1nnc(-c2cnc(N3CCC4(CC3)CC(=O)c3c(cccc3C(F)(F)F)O4)s2)n1. The van der Waals surface area contributed by atoms with Crippen LogP contribution in [0.25, 0.3) is 10.7 Å². The standard InChI is InChI=1S/C20H17F3N6O4S/c21-20(22,23)11-2-1-3-13-16(11)12(30)8-19(33-13)4-6-28(7-5-19)18-24-9-14(34-18)17-25-27-29(26-17)10-15(31)32/h1-3,9H,4-8,10H2,(H,31,32). The number of halogens is 3. The number of ketones is 1. The summed E-state index contributed by atoms with van der Waals surface area (Å²) in [6, 6.07) is 3.56. The molecule has 0 aliphatic carbocycles. The summed E-state index contributed by atoms with van der Waals surface area (Å²) < 4.78 is 46.0. The van der Waals surface area contributed by atoms with Gasteiger partial charge in [-0.05, 0) is 17.3 Å². The van der Waals surface area contributed by atoms with Crippen molar-refractivity contribution in [2.24, 2.45) is 0 Å². The van der Waals surface area contributed by atoms with Crippen molar-refractivity contribution in [2.45, 2.75) is 37.6 Å². The molecule has 2 aliphatic rings. The third kappa shape index (κ3) is 4.08. The number of hydrogen-bond acceptors (Lipinski definition) is 9. The number of thiazole rings is 1. The van der Waals surface area contributed by atoms with E-state index < -0.39 is 41.2 Å². The van der Waals surface area contributed by atoms with Gasteiger partial charge in [0.25, 0.3) is 0 Å². The minimum Gasteiger partial charge on any atom is -0.486 e. The molecule has 178 valence electrons. The number of carbonyl (C=O) groups excluding carboxylic acids is 1. The minimum atomic E-state index is -4.63. The fourth-order valence-corrected chi connectivity index (χ4v) is 5.11. The van der Waals surface area contributed by atoms with Crippen molar-refractivity contribution in [1.29, 1.82) is 0 Å². The molecule has 2 aliphatic heterocycles. The number of fused-ring (bicyclic) bond motifs is 1. The molecule has 34 heavy (non-hydrogen) atoms. The molecule has 2 aromatic heterocycles. The van der Waals surface area contributed by atoms with Crippen LogP contribution in [-0.2, 0) is 17.5 Å². The number of hydrogen-bond donors (Lipinski definition) is 1. The molecule has 1 spiro atoms. The molecule has 1 fully saturated rings. The van der Waals surface area contributed by atoms with Crippen molar-refractivity contribution in [1.82, 2.24) is 25.2 Å². The molecule has 1 aromatic carbocycles. The molecule has 0 amide bonds. The van der Waals surface area contributed by atoms with Gasteiger partial charge < -0.3 is 14.7 Å². The highest BCUT2D eigenvalue weighted by Gasteiger charge is 2.46. The first-order valence-corrected chi connectivity index (χ1v) is 11.1. The van der Waals surface area contributed by atoms with Gasteiger partial charge in [-0.1, -0.05) is 17.4 Å². The highest BCUT2D eigenvalue weighted by molar-refractivity contribution is 7.18. The van der Waals surface area contributed by atoms with E-state index in [2.05, 4.69) is 20.4 Å². The summed E-state index contributed by atoms with van der Waals surface area (Å²) >= 11 is 1.31. The summed E-state index contributed by atoms with van der Waals surface area (Å²) in [4.78, 5) is 31.5. The Hall–Kier alpha value is -3.55. The van der Waals surface area contributed by atoms with Crippen molar-refractivity contribution in [3.63, 3.8) is 0 Å². The maximum Gasteiger partial charge on any atom is 0.417 e. The molecular weight excluding hydrogens is 477 g/mol. The predicted molar refractivity (Wildman–Crippen MR) is 112 cm³/mol. The monoisotopic (exact) mass is 494 g/mol. The molecule has 0 radical (unpaired) electrons.